The Hall–Kier alpha value is -2.63. The number of aliphatic imine (C=N–C) groups is 1. The molecule has 0 fully saturated rings. The maximum Gasteiger partial charge on any atom is 0.417 e. The number of sulfone groups is 1. The molecule has 27 heavy (non-hydrogen) atoms. The first-order valence-corrected chi connectivity index (χ1v) is 9.49. The van der Waals surface area contributed by atoms with E-state index in [0.717, 1.165) is 12.3 Å². The highest BCUT2D eigenvalue weighted by Gasteiger charge is 2.38. The number of guanidine groups is 1. The smallest absolute Gasteiger partial charge is 0.369 e. The van der Waals surface area contributed by atoms with E-state index < -0.39 is 27.4 Å². The molecule has 0 aliphatic carbocycles. The maximum absolute atomic E-state index is 13.6. The SMILES string of the molecule is CS(=O)(=O)c1ccc(-c2ccc(C3(N)N=C(N)NN3)cc2C(F)(F)F)cc1. The van der Waals surface area contributed by atoms with Crippen LogP contribution in [0.15, 0.2) is 52.4 Å². The minimum absolute atomic E-state index is 0.0170. The molecule has 1 heterocycles. The van der Waals surface area contributed by atoms with Gasteiger partial charge in [0.05, 0.1) is 10.5 Å². The third-order valence-electron chi connectivity index (χ3n) is 4.04. The van der Waals surface area contributed by atoms with Crippen molar-refractivity contribution in [3.63, 3.8) is 0 Å². The predicted molar refractivity (Wildman–Crippen MR) is 93.7 cm³/mol. The first-order chi connectivity index (χ1) is 12.4. The lowest BCUT2D eigenvalue weighted by Gasteiger charge is -2.23. The fraction of sp³-hybridized carbons (Fsp3) is 0.188. The highest BCUT2D eigenvalue weighted by Crippen LogP contribution is 2.39. The second-order valence-corrected chi connectivity index (χ2v) is 8.08. The van der Waals surface area contributed by atoms with Gasteiger partial charge in [0.2, 0.25) is 11.7 Å². The number of nitrogens with two attached hydrogens (primary N) is 2. The van der Waals surface area contributed by atoms with Crippen LogP contribution in [0, 0.1) is 0 Å². The van der Waals surface area contributed by atoms with E-state index in [1.807, 2.05) is 0 Å². The van der Waals surface area contributed by atoms with E-state index in [4.69, 9.17) is 11.5 Å². The van der Waals surface area contributed by atoms with Gasteiger partial charge in [0.15, 0.2) is 9.84 Å². The summed E-state index contributed by atoms with van der Waals surface area (Å²) in [5, 5.41) is 0. The standard InChI is InChI=1S/C16H16F3N5O2S/c1-27(25,26)11-5-2-9(3-6-11)12-7-4-10(8-13(12)15(17,18)19)16(21)22-14(20)23-24-16/h2-8,24H,21H2,1H3,(H3,20,22,23). The van der Waals surface area contributed by atoms with Crippen LogP contribution in [0.5, 0.6) is 0 Å². The van der Waals surface area contributed by atoms with Crippen LogP contribution in [0.1, 0.15) is 11.1 Å². The van der Waals surface area contributed by atoms with Gasteiger partial charge in [-0.1, -0.05) is 24.3 Å². The molecule has 0 bridgehead atoms. The fourth-order valence-corrected chi connectivity index (χ4v) is 3.32. The molecule has 0 saturated carbocycles. The van der Waals surface area contributed by atoms with Crippen LogP contribution in [0.4, 0.5) is 13.2 Å². The summed E-state index contributed by atoms with van der Waals surface area (Å²) in [5.74, 6) is -1.69. The Labute approximate surface area is 153 Å². The average Bonchev–Trinajstić information content (AvgIpc) is 2.93. The van der Waals surface area contributed by atoms with E-state index in [1.54, 1.807) is 0 Å². The van der Waals surface area contributed by atoms with Crippen molar-refractivity contribution in [3.05, 3.63) is 53.6 Å². The first-order valence-electron chi connectivity index (χ1n) is 7.60. The Balaban J connectivity index is 2.11. The van der Waals surface area contributed by atoms with E-state index in [9.17, 15) is 21.6 Å². The van der Waals surface area contributed by atoms with Gasteiger partial charge in [0.1, 0.15) is 0 Å². The van der Waals surface area contributed by atoms with Crippen molar-refractivity contribution >= 4 is 15.8 Å². The van der Waals surface area contributed by atoms with Crippen LogP contribution >= 0.6 is 0 Å². The van der Waals surface area contributed by atoms with E-state index in [1.165, 1.54) is 36.4 Å². The molecule has 7 nitrogen and oxygen atoms in total. The van der Waals surface area contributed by atoms with Crippen LogP contribution in [0.25, 0.3) is 11.1 Å². The zero-order valence-corrected chi connectivity index (χ0v) is 14.8. The van der Waals surface area contributed by atoms with E-state index in [0.29, 0.717) is 0 Å². The lowest BCUT2D eigenvalue weighted by molar-refractivity contribution is -0.137. The largest absolute Gasteiger partial charge is 0.417 e. The molecule has 0 aromatic heterocycles. The van der Waals surface area contributed by atoms with E-state index in [2.05, 4.69) is 15.8 Å². The topological polar surface area (TPSA) is 123 Å². The molecule has 1 aliphatic rings. The highest BCUT2D eigenvalue weighted by molar-refractivity contribution is 7.90. The first kappa shape index (κ1) is 19.1. The van der Waals surface area contributed by atoms with Gasteiger partial charge in [-0.2, -0.15) is 18.6 Å². The zero-order chi connectivity index (χ0) is 20.0. The minimum Gasteiger partial charge on any atom is -0.369 e. The average molecular weight is 399 g/mol. The number of nitrogens with zero attached hydrogens (tertiary/aromatic N) is 1. The van der Waals surface area contributed by atoms with Crippen LogP contribution in [0.2, 0.25) is 0 Å². The van der Waals surface area contributed by atoms with Gasteiger partial charge in [-0.15, -0.1) is 0 Å². The number of halogens is 3. The predicted octanol–water partition coefficient (Wildman–Crippen LogP) is 1.27. The van der Waals surface area contributed by atoms with Crippen LogP contribution in [-0.4, -0.2) is 20.6 Å². The molecule has 6 N–H and O–H groups in total. The van der Waals surface area contributed by atoms with Crippen LogP contribution < -0.4 is 22.3 Å². The number of alkyl halides is 3. The molecule has 2 aromatic rings. The maximum atomic E-state index is 13.6. The van der Waals surface area contributed by atoms with Crippen molar-refractivity contribution in [1.29, 1.82) is 0 Å². The van der Waals surface area contributed by atoms with Crippen LogP contribution in [-0.2, 0) is 21.8 Å². The molecule has 0 saturated heterocycles. The van der Waals surface area contributed by atoms with Gasteiger partial charge in [-0.05, 0) is 29.3 Å². The molecule has 2 aromatic carbocycles. The lowest BCUT2D eigenvalue weighted by Crippen LogP contribution is -2.50. The molecule has 1 unspecified atom stereocenters. The summed E-state index contributed by atoms with van der Waals surface area (Å²) in [5.41, 5.74) is 15.6. The normalized spacial score (nSPS) is 20.3. The molecular formula is C16H16F3N5O2S. The summed E-state index contributed by atoms with van der Waals surface area (Å²) in [6.45, 7) is 0. The second kappa shape index (κ2) is 6.22. The Kier molecular flexibility index (Phi) is 4.41. The third kappa shape index (κ3) is 3.75. The highest BCUT2D eigenvalue weighted by atomic mass is 32.2. The van der Waals surface area contributed by atoms with Gasteiger partial charge in [-0.3, -0.25) is 11.2 Å². The Morgan fingerprint density at radius 2 is 1.74 bits per heavy atom. The number of hydrogen-bond acceptors (Lipinski definition) is 7. The molecule has 1 aliphatic heterocycles. The van der Waals surface area contributed by atoms with Crippen molar-refractivity contribution in [2.45, 2.75) is 16.9 Å². The van der Waals surface area contributed by atoms with Crippen molar-refractivity contribution in [1.82, 2.24) is 10.9 Å². The molecule has 0 radical (unpaired) electrons. The van der Waals surface area contributed by atoms with Gasteiger partial charge in [0, 0.05) is 11.8 Å². The third-order valence-corrected chi connectivity index (χ3v) is 5.16. The summed E-state index contributed by atoms with van der Waals surface area (Å²) >= 11 is 0. The fourth-order valence-electron chi connectivity index (χ4n) is 2.69. The second-order valence-electron chi connectivity index (χ2n) is 6.07. The zero-order valence-electron chi connectivity index (χ0n) is 14.0. The van der Waals surface area contributed by atoms with Crippen molar-refractivity contribution in [3.8, 4) is 11.1 Å². The summed E-state index contributed by atoms with van der Waals surface area (Å²) in [6.07, 6.45) is -3.65. The molecule has 3 rings (SSSR count). The van der Waals surface area contributed by atoms with Gasteiger partial charge in [0.25, 0.3) is 0 Å². The number of rotatable bonds is 3. The summed E-state index contributed by atoms with van der Waals surface area (Å²) in [7, 11) is -3.45. The molecule has 0 spiro atoms. The summed E-state index contributed by atoms with van der Waals surface area (Å²) in [6, 6.07) is 8.71. The molecule has 144 valence electrons. The number of benzene rings is 2. The van der Waals surface area contributed by atoms with Gasteiger partial charge < -0.3 is 5.73 Å². The lowest BCUT2D eigenvalue weighted by atomic mass is 9.95. The van der Waals surface area contributed by atoms with E-state index >= 15 is 0 Å². The van der Waals surface area contributed by atoms with Gasteiger partial charge in [-0.25, -0.2) is 13.4 Å². The number of hydrazine groups is 1. The molecule has 0 amide bonds. The quantitative estimate of drug-likeness (QED) is 0.617. The van der Waals surface area contributed by atoms with E-state index in [-0.39, 0.29) is 27.5 Å². The minimum atomic E-state index is -4.67. The van der Waals surface area contributed by atoms with Crippen molar-refractivity contribution in [2.75, 3.05) is 6.26 Å². The molecular weight excluding hydrogens is 383 g/mol. The Bertz CT molecular complexity index is 1020. The number of nitrogens with one attached hydrogen (secondary N) is 2. The molecule has 1 atom stereocenters. The number of hydrogen-bond donors (Lipinski definition) is 4. The monoisotopic (exact) mass is 399 g/mol. The summed E-state index contributed by atoms with van der Waals surface area (Å²) < 4.78 is 64.0. The molecule has 11 heteroatoms. The summed E-state index contributed by atoms with van der Waals surface area (Å²) in [4.78, 5) is 3.89. The van der Waals surface area contributed by atoms with Crippen molar-refractivity contribution < 1.29 is 21.6 Å². The van der Waals surface area contributed by atoms with Crippen molar-refractivity contribution in [2.24, 2.45) is 16.5 Å². The Morgan fingerprint density at radius 1 is 1.11 bits per heavy atom. The van der Waals surface area contributed by atoms with Crippen LogP contribution in [0.3, 0.4) is 0 Å². The Morgan fingerprint density at radius 3 is 2.22 bits per heavy atom. The van der Waals surface area contributed by atoms with Gasteiger partial charge >= 0.3 is 6.18 Å².